The molecule has 0 unspecified atom stereocenters. The fourth-order valence-electron chi connectivity index (χ4n) is 10.5. The maximum atomic E-state index is 15.1. The van der Waals surface area contributed by atoms with E-state index in [0.29, 0.717) is 37.3 Å². The molecule has 4 aliphatic heterocycles. The van der Waals surface area contributed by atoms with Gasteiger partial charge >= 0.3 is 17.7 Å². The number of rotatable bonds is 11. The summed E-state index contributed by atoms with van der Waals surface area (Å²) in [5, 5.41) is 37.7. The van der Waals surface area contributed by atoms with E-state index >= 15 is 4.79 Å². The first kappa shape index (κ1) is 57.7. The molecule has 1 fully saturated rings. The number of aldehydes is 2. The molecule has 414 valence electrons. The van der Waals surface area contributed by atoms with Crippen LogP contribution >= 0.6 is 0 Å². The number of phenolic OH excluding ortho intramolecular Hbond substituents is 1. The van der Waals surface area contributed by atoms with Gasteiger partial charge in [-0.2, -0.15) is 0 Å². The van der Waals surface area contributed by atoms with E-state index in [1.807, 2.05) is 13.8 Å². The lowest BCUT2D eigenvalue weighted by Gasteiger charge is -2.37. The van der Waals surface area contributed by atoms with Gasteiger partial charge in [-0.15, -0.1) is 0 Å². The van der Waals surface area contributed by atoms with E-state index in [1.54, 1.807) is 51.1 Å². The number of carbonyl (C=O) groups is 6. The lowest BCUT2D eigenvalue weighted by Crippen LogP contribution is -2.47. The standard InChI is InChI=1S/C58H72N4O15/c1-29(2)26-61-19-21-62(22-20-61)39-24-40(75-42(66)17-13-16-38(27-63)28-64)46-41(25-39)76-55-47(59-46)43-44-51(69)36(9)54-45(43)56(71)58(11,77-54)73-23-18-30(3)33(6)53(74-37(10)65)35(8)50(68)34(7)49(67)31(4)14-12-15-32(5)57(72)60-48(55)52(44)70/h12,14-15,18,23-25,27-31,33-35,38,49-50,53,67-68,70H,13,16-17,19-22,26H2,1-11H3,(H,60,72)/b14-12+,23-18+,32-15-/t30-,31-,33+,34+,35+,49-,50+,53+,58-/m0/s1. The number of allylic oxidation sites excluding steroid dienone is 3. The molecule has 1 aromatic heterocycles. The number of aromatic nitrogens is 1. The number of esters is 2. The summed E-state index contributed by atoms with van der Waals surface area (Å²) in [4.78, 5) is 102. The molecule has 1 amide bonds. The van der Waals surface area contributed by atoms with E-state index in [0.717, 1.165) is 19.6 Å². The Morgan fingerprint density at radius 2 is 1.61 bits per heavy atom. The summed E-state index contributed by atoms with van der Waals surface area (Å²) in [5.74, 6) is -9.07. The van der Waals surface area contributed by atoms with Crippen molar-refractivity contribution in [2.75, 3.05) is 42.9 Å². The average Bonchev–Trinajstić information content (AvgIpc) is 3.82. The molecular formula is C58H72N4O15. The van der Waals surface area contributed by atoms with E-state index in [2.05, 4.69) is 29.0 Å². The quantitative estimate of drug-likeness (QED) is 0.0216. The molecule has 77 heavy (non-hydrogen) atoms. The van der Waals surface area contributed by atoms with Gasteiger partial charge < -0.3 is 58.5 Å². The number of hydrogen-bond donors (Lipinski definition) is 4. The molecule has 4 aromatic rings. The first-order chi connectivity index (χ1) is 36.4. The molecule has 3 aromatic carbocycles. The van der Waals surface area contributed by atoms with Crippen molar-refractivity contribution in [2.45, 2.75) is 120 Å². The second-order valence-electron chi connectivity index (χ2n) is 21.7. The second-order valence-corrected chi connectivity index (χ2v) is 21.7. The number of aromatic hydroxyl groups is 1. The van der Waals surface area contributed by atoms with Gasteiger partial charge in [0.05, 0.1) is 35.3 Å². The number of aliphatic hydroxyl groups excluding tert-OH is 2. The van der Waals surface area contributed by atoms with Crippen molar-refractivity contribution in [2.24, 2.45) is 41.4 Å². The molecule has 19 heteroatoms. The summed E-state index contributed by atoms with van der Waals surface area (Å²) in [7, 11) is 0. The molecule has 5 bridgehead atoms. The van der Waals surface area contributed by atoms with Crippen LogP contribution in [0, 0.1) is 48.3 Å². The van der Waals surface area contributed by atoms with Crippen molar-refractivity contribution in [3.05, 3.63) is 69.6 Å². The van der Waals surface area contributed by atoms with Gasteiger partial charge in [0.15, 0.2) is 28.1 Å². The molecule has 4 N–H and O–H groups in total. The third kappa shape index (κ3) is 12.0. The maximum absolute atomic E-state index is 15.1. The van der Waals surface area contributed by atoms with Gasteiger partial charge in [0.25, 0.3) is 11.7 Å². The molecule has 4 aliphatic rings. The molecule has 0 saturated carbocycles. The van der Waals surface area contributed by atoms with Gasteiger partial charge in [0, 0.05) is 105 Å². The Hall–Kier alpha value is -6.96. The number of piperazine rings is 1. The predicted molar refractivity (Wildman–Crippen MR) is 289 cm³/mol. The molecule has 0 spiro atoms. The van der Waals surface area contributed by atoms with Crippen LogP contribution < -0.4 is 25.1 Å². The van der Waals surface area contributed by atoms with Crippen molar-refractivity contribution in [1.82, 2.24) is 9.88 Å². The number of carbonyl (C=O) groups excluding carboxylic acids is 6. The minimum Gasteiger partial charge on any atom is -0.505 e. The maximum Gasteiger partial charge on any atom is 0.312 e. The number of amides is 1. The van der Waals surface area contributed by atoms with Crippen LogP contribution in [0.25, 0.3) is 33.0 Å². The number of ketones is 1. The van der Waals surface area contributed by atoms with Crippen molar-refractivity contribution in [1.29, 1.82) is 0 Å². The van der Waals surface area contributed by atoms with Crippen molar-refractivity contribution < 1.29 is 67.5 Å². The fraction of sp³-hybridized carbons (Fsp3) is 0.517. The topological polar surface area (TPSA) is 262 Å². The van der Waals surface area contributed by atoms with Crippen LogP contribution in [0.1, 0.15) is 104 Å². The van der Waals surface area contributed by atoms with Gasteiger partial charge in [-0.1, -0.05) is 66.7 Å². The molecule has 8 rings (SSSR count). The van der Waals surface area contributed by atoms with Crippen LogP contribution in [0.4, 0.5) is 11.4 Å². The van der Waals surface area contributed by atoms with Crippen LogP contribution in [0.2, 0.25) is 0 Å². The number of benzene rings is 3. The van der Waals surface area contributed by atoms with Gasteiger partial charge in [0.1, 0.15) is 41.1 Å². The van der Waals surface area contributed by atoms with Crippen LogP contribution in [0.5, 0.6) is 17.2 Å². The highest BCUT2D eigenvalue weighted by Crippen LogP contribution is 2.49. The van der Waals surface area contributed by atoms with Gasteiger partial charge in [-0.05, 0) is 50.5 Å². The molecule has 1 saturated heterocycles. The molecular weight excluding hydrogens is 993 g/mol. The minimum atomic E-state index is -2.11. The van der Waals surface area contributed by atoms with Gasteiger partial charge in [0.2, 0.25) is 0 Å². The Morgan fingerprint density at radius 3 is 2.26 bits per heavy atom. The summed E-state index contributed by atoms with van der Waals surface area (Å²) in [6, 6.07) is 3.33. The predicted octanol–water partition coefficient (Wildman–Crippen LogP) is 7.49. The van der Waals surface area contributed by atoms with Crippen LogP contribution in [0.15, 0.2) is 57.5 Å². The highest BCUT2D eigenvalue weighted by atomic mass is 16.7. The van der Waals surface area contributed by atoms with E-state index in [4.69, 9.17) is 28.3 Å². The number of nitrogens with one attached hydrogen (secondary N) is 1. The number of hydrogen-bond acceptors (Lipinski definition) is 18. The smallest absolute Gasteiger partial charge is 0.312 e. The molecule has 19 nitrogen and oxygen atoms in total. The Bertz CT molecular complexity index is 3110. The summed E-state index contributed by atoms with van der Waals surface area (Å²) in [6.07, 6.45) is 5.72. The highest BCUT2D eigenvalue weighted by molar-refractivity contribution is 6.26. The zero-order chi connectivity index (χ0) is 56.4. The number of ether oxygens (including phenoxy) is 4. The monoisotopic (exact) mass is 1060 g/mol. The first-order valence-corrected chi connectivity index (χ1v) is 26.4. The van der Waals surface area contributed by atoms with Crippen LogP contribution in [-0.2, 0) is 33.4 Å². The third-order valence-electron chi connectivity index (χ3n) is 15.4. The zero-order valence-electron chi connectivity index (χ0n) is 45.7. The fourth-order valence-corrected chi connectivity index (χ4v) is 10.5. The number of anilines is 2. The first-order valence-electron chi connectivity index (χ1n) is 26.4. The minimum absolute atomic E-state index is 0.0250. The molecule has 5 heterocycles. The lowest BCUT2D eigenvalue weighted by molar-refractivity contribution is -0.158. The SMILES string of the molecule is CC(=O)O[C@H]1[C@H](C)[C@H](O)[C@H](C)[C@@H](O)[C@@H](C)/C=C/C=C(/C)C(=O)Nc2c(O)c3c(=O)c(C)c4c(c3c3nc5c(OC(=O)CCCC(C=O)C=O)cc(N6CCN(CC(C)C)CC6)cc5oc23)C(=O)[C@@](C)(O/C=C/[C@H](C)[C@H]1C)O4. The number of nitrogens with zero attached hydrogens (tertiary/aromatic N) is 3. The summed E-state index contributed by atoms with van der Waals surface area (Å²) >= 11 is 0. The molecule has 9 atom stereocenters. The van der Waals surface area contributed by atoms with E-state index in [9.17, 15) is 44.1 Å². The summed E-state index contributed by atoms with van der Waals surface area (Å²) in [5.41, 5.74) is -1.12. The number of fused-ring (bicyclic) bond motifs is 14. The van der Waals surface area contributed by atoms with Crippen molar-refractivity contribution in [3.63, 3.8) is 0 Å². The number of Topliss-reactive ketones (excluding diaryl/α,β-unsaturated/α-hetero) is 1. The Balaban J connectivity index is 1.46. The normalized spacial score (nSPS) is 27.3. The van der Waals surface area contributed by atoms with Crippen molar-refractivity contribution >= 4 is 80.5 Å². The van der Waals surface area contributed by atoms with E-state index in [1.165, 1.54) is 40.0 Å². The average molecular weight is 1070 g/mol. The van der Waals surface area contributed by atoms with Gasteiger partial charge in [-0.25, -0.2) is 4.98 Å². The molecule has 0 aliphatic carbocycles. The Morgan fingerprint density at radius 1 is 0.922 bits per heavy atom. The zero-order valence-corrected chi connectivity index (χ0v) is 45.7. The van der Waals surface area contributed by atoms with Crippen LogP contribution in [0.3, 0.4) is 0 Å². The highest BCUT2D eigenvalue weighted by Gasteiger charge is 2.50. The molecule has 0 radical (unpaired) electrons. The van der Waals surface area contributed by atoms with Gasteiger partial charge in [-0.3, -0.25) is 28.9 Å². The van der Waals surface area contributed by atoms with E-state index in [-0.39, 0.29) is 80.7 Å². The second kappa shape index (κ2) is 23.7. The summed E-state index contributed by atoms with van der Waals surface area (Å²) < 4.78 is 31.0. The summed E-state index contributed by atoms with van der Waals surface area (Å²) in [6.45, 7) is 22.3. The number of aliphatic hydroxyl groups is 2. The van der Waals surface area contributed by atoms with Crippen molar-refractivity contribution in [3.8, 4) is 17.2 Å². The largest absolute Gasteiger partial charge is 0.505 e. The third-order valence-corrected chi connectivity index (χ3v) is 15.4. The van der Waals surface area contributed by atoms with Crippen LogP contribution in [-0.4, -0.2) is 118 Å². The Kier molecular flexibility index (Phi) is 17.8. The van der Waals surface area contributed by atoms with E-state index < -0.39 is 99.8 Å². The Labute approximate surface area is 447 Å². The number of phenols is 1. The lowest BCUT2D eigenvalue weighted by atomic mass is 9.77.